The molecule has 0 bridgehead atoms. The van der Waals surface area contributed by atoms with E-state index in [1.54, 1.807) is 13.0 Å². The number of nitrogens with zero attached hydrogens (tertiary/aromatic N) is 2. The van der Waals surface area contributed by atoms with Crippen LogP contribution in [0.3, 0.4) is 0 Å². The average molecular weight is 376 g/mol. The number of carbonyl (C=O) groups excluding carboxylic acids is 1. The molecule has 3 aromatic rings. The summed E-state index contributed by atoms with van der Waals surface area (Å²) in [5.74, 6) is 1.60. The van der Waals surface area contributed by atoms with Gasteiger partial charge in [-0.1, -0.05) is 6.07 Å². The third-order valence-electron chi connectivity index (χ3n) is 4.27. The first-order chi connectivity index (χ1) is 13.4. The van der Waals surface area contributed by atoms with Crippen molar-refractivity contribution in [3.05, 3.63) is 71.2 Å². The van der Waals surface area contributed by atoms with Crippen molar-refractivity contribution < 1.29 is 9.53 Å². The van der Waals surface area contributed by atoms with Crippen LogP contribution in [0, 0.1) is 20.8 Å². The minimum Gasteiger partial charge on any atom is -0.494 e. The van der Waals surface area contributed by atoms with Crippen LogP contribution >= 0.6 is 0 Å². The van der Waals surface area contributed by atoms with Gasteiger partial charge in [0, 0.05) is 17.4 Å². The summed E-state index contributed by atoms with van der Waals surface area (Å²) >= 11 is 0. The van der Waals surface area contributed by atoms with Crippen molar-refractivity contribution in [1.29, 1.82) is 0 Å². The van der Waals surface area contributed by atoms with Crippen LogP contribution in [0.1, 0.15) is 34.4 Å². The van der Waals surface area contributed by atoms with Crippen LogP contribution in [0.25, 0.3) is 0 Å². The summed E-state index contributed by atoms with van der Waals surface area (Å²) in [6.45, 7) is 8.37. The molecule has 2 aromatic carbocycles. The molecule has 0 fully saturated rings. The molecule has 0 aliphatic rings. The van der Waals surface area contributed by atoms with E-state index in [2.05, 4.69) is 20.6 Å². The standard InChI is InChI=1S/C22H24N4O2/c1-5-28-19-10-8-17(9-11-19)25-21-13-20(23-16(4)24-21)22(27)26-18-7-6-14(2)15(3)12-18/h6-13H,5H2,1-4H3,(H,26,27)(H,23,24,25). The smallest absolute Gasteiger partial charge is 0.274 e. The second kappa shape index (κ2) is 8.52. The van der Waals surface area contributed by atoms with Crippen LogP contribution in [0.5, 0.6) is 5.75 Å². The number of ether oxygens (including phenoxy) is 1. The first-order valence-corrected chi connectivity index (χ1v) is 9.19. The van der Waals surface area contributed by atoms with Crippen LogP contribution in [-0.4, -0.2) is 22.5 Å². The summed E-state index contributed by atoms with van der Waals surface area (Å²) in [6.07, 6.45) is 0. The van der Waals surface area contributed by atoms with E-state index in [-0.39, 0.29) is 5.91 Å². The van der Waals surface area contributed by atoms with Gasteiger partial charge in [0.05, 0.1) is 6.61 Å². The zero-order valence-corrected chi connectivity index (χ0v) is 16.5. The molecular weight excluding hydrogens is 352 g/mol. The molecule has 1 aromatic heterocycles. The Kier molecular flexibility index (Phi) is 5.89. The van der Waals surface area contributed by atoms with Gasteiger partial charge in [-0.15, -0.1) is 0 Å². The van der Waals surface area contributed by atoms with Crippen molar-refractivity contribution in [3.63, 3.8) is 0 Å². The molecule has 144 valence electrons. The van der Waals surface area contributed by atoms with Crippen LogP contribution in [0.2, 0.25) is 0 Å². The summed E-state index contributed by atoms with van der Waals surface area (Å²) in [7, 11) is 0. The molecule has 0 unspecified atom stereocenters. The number of amides is 1. The highest BCUT2D eigenvalue weighted by molar-refractivity contribution is 6.03. The fraction of sp³-hybridized carbons (Fsp3) is 0.227. The summed E-state index contributed by atoms with van der Waals surface area (Å²) in [5, 5.41) is 6.10. The van der Waals surface area contributed by atoms with Gasteiger partial charge in [-0.25, -0.2) is 9.97 Å². The van der Waals surface area contributed by atoms with Gasteiger partial charge >= 0.3 is 0 Å². The van der Waals surface area contributed by atoms with Gasteiger partial charge in [0.15, 0.2) is 0 Å². The van der Waals surface area contributed by atoms with Gasteiger partial charge in [-0.2, -0.15) is 0 Å². The Morgan fingerprint density at radius 1 is 0.929 bits per heavy atom. The third kappa shape index (κ3) is 4.85. The minimum atomic E-state index is -0.275. The summed E-state index contributed by atoms with van der Waals surface area (Å²) in [4.78, 5) is 21.3. The topological polar surface area (TPSA) is 76.1 Å². The van der Waals surface area contributed by atoms with E-state index >= 15 is 0 Å². The second-order valence-corrected chi connectivity index (χ2v) is 6.52. The molecular formula is C22H24N4O2. The van der Waals surface area contributed by atoms with Crippen LogP contribution in [0.15, 0.2) is 48.5 Å². The number of aryl methyl sites for hydroxylation is 3. The van der Waals surface area contributed by atoms with Crippen LogP contribution in [-0.2, 0) is 0 Å². The maximum Gasteiger partial charge on any atom is 0.274 e. The lowest BCUT2D eigenvalue weighted by molar-refractivity contribution is 0.102. The Bertz CT molecular complexity index is 984. The number of hydrogen-bond acceptors (Lipinski definition) is 5. The number of carbonyl (C=O) groups is 1. The van der Waals surface area contributed by atoms with E-state index < -0.39 is 0 Å². The maximum atomic E-state index is 12.6. The Hall–Kier alpha value is -3.41. The van der Waals surface area contributed by atoms with Crippen molar-refractivity contribution in [2.24, 2.45) is 0 Å². The first kappa shape index (κ1) is 19.4. The fourth-order valence-corrected chi connectivity index (χ4v) is 2.71. The molecule has 1 amide bonds. The third-order valence-corrected chi connectivity index (χ3v) is 4.27. The van der Waals surface area contributed by atoms with E-state index in [0.717, 1.165) is 22.7 Å². The van der Waals surface area contributed by atoms with Crippen LogP contribution in [0.4, 0.5) is 17.2 Å². The normalized spacial score (nSPS) is 10.4. The molecule has 6 nitrogen and oxygen atoms in total. The van der Waals surface area contributed by atoms with Crippen LogP contribution < -0.4 is 15.4 Å². The zero-order chi connectivity index (χ0) is 20.1. The maximum absolute atomic E-state index is 12.6. The number of anilines is 3. The van der Waals surface area contributed by atoms with Gasteiger partial charge in [0.2, 0.25) is 0 Å². The van der Waals surface area contributed by atoms with Crippen molar-refractivity contribution in [2.45, 2.75) is 27.7 Å². The minimum absolute atomic E-state index is 0.275. The van der Waals surface area contributed by atoms with Gasteiger partial charge < -0.3 is 15.4 Å². The number of nitrogens with one attached hydrogen (secondary N) is 2. The largest absolute Gasteiger partial charge is 0.494 e. The van der Waals surface area contributed by atoms with E-state index in [1.165, 1.54) is 5.56 Å². The molecule has 6 heteroatoms. The lowest BCUT2D eigenvalue weighted by atomic mass is 10.1. The van der Waals surface area contributed by atoms with Crippen molar-refractivity contribution in [2.75, 3.05) is 17.2 Å². The highest BCUT2D eigenvalue weighted by Crippen LogP contribution is 2.20. The van der Waals surface area contributed by atoms with Gasteiger partial charge in [0.1, 0.15) is 23.1 Å². The molecule has 0 atom stereocenters. The highest BCUT2D eigenvalue weighted by Gasteiger charge is 2.12. The van der Waals surface area contributed by atoms with Crippen molar-refractivity contribution in [1.82, 2.24) is 9.97 Å². The van der Waals surface area contributed by atoms with Gasteiger partial charge in [-0.05, 0) is 75.2 Å². The van der Waals surface area contributed by atoms with Crippen molar-refractivity contribution in [3.8, 4) is 5.75 Å². The molecule has 3 rings (SSSR count). The lowest BCUT2D eigenvalue weighted by Crippen LogP contribution is -2.15. The molecule has 0 saturated carbocycles. The number of rotatable bonds is 6. The Balaban J connectivity index is 1.76. The predicted molar refractivity (Wildman–Crippen MR) is 112 cm³/mol. The Labute approximate surface area is 165 Å². The summed E-state index contributed by atoms with van der Waals surface area (Å²) in [6, 6.07) is 15.0. The molecule has 0 radical (unpaired) electrons. The average Bonchev–Trinajstić information content (AvgIpc) is 2.66. The van der Waals surface area contributed by atoms with E-state index in [4.69, 9.17) is 4.74 Å². The molecule has 0 spiro atoms. The number of hydrogen-bond donors (Lipinski definition) is 2. The Morgan fingerprint density at radius 2 is 1.64 bits per heavy atom. The molecule has 0 aliphatic carbocycles. The van der Waals surface area contributed by atoms with E-state index in [0.29, 0.717) is 23.9 Å². The van der Waals surface area contributed by atoms with Crippen molar-refractivity contribution >= 4 is 23.1 Å². The predicted octanol–water partition coefficient (Wildman–Crippen LogP) is 4.80. The molecule has 28 heavy (non-hydrogen) atoms. The second-order valence-electron chi connectivity index (χ2n) is 6.52. The van der Waals surface area contributed by atoms with E-state index in [1.807, 2.05) is 63.2 Å². The van der Waals surface area contributed by atoms with Gasteiger partial charge in [-0.3, -0.25) is 4.79 Å². The molecule has 0 aliphatic heterocycles. The molecule has 2 N–H and O–H groups in total. The monoisotopic (exact) mass is 376 g/mol. The number of benzene rings is 2. The Morgan fingerprint density at radius 3 is 2.32 bits per heavy atom. The SMILES string of the molecule is CCOc1ccc(Nc2cc(C(=O)Nc3ccc(C)c(C)c3)nc(C)n2)cc1. The highest BCUT2D eigenvalue weighted by atomic mass is 16.5. The quantitative estimate of drug-likeness (QED) is 0.646. The van der Waals surface area contributed by atoms with E-state index in [9.17, 15) is 4.79 Å². The summed E-state index contributed by atoms with van der Waals surface area (Å²) < 4.78 is 5.45. The first-order valence-electron chi connectivity index (χ1n) is 9.19. The lowest BCUT2D eigenvalue weighted by Gasteiger charge is -2.11. The van der Waals surface area contributed by atoms with Gasteiger partial charge in [0.25, 0.3) is 5.91 Å². The fourth-order valence-electron chi connectivity index (χ4n) is 2.71. The molecule has 0 saturated heterocycles. The summed E-state index contributed by atoms with van der Waals surface area (Å²) in [5.41, 5.74) is 4.19. The zero-order valence-electron chi connectivity index (χ0n) is 16.5. The number of aromatic nitrogens is 2. The molecule has 1 heterocycles.